The molecule has 0 bridgehead atoms. The van der Waals surface area contributed by atoms with Gasteiger partial charge in [0.25, 0.3) is 11.8 Å². The molecule has 1 fully saturated rings. The van der Waals surface area contributed by atoms with Crippen molar-refractivity contribution in [3.05, 3.63) is 27.9 Å². The summed E-state index contributed by atoms with van der Waals surface area (Å²) >= 11 is 1.45. The largest absolute Gasteiger partial charge is 0.380 e. The molecule has 3 heterocycles. The minimum atomic E-state index is -0.494. The number of aryl methyl sites for hydroxylation is 1. The second kappa shape index (κ2) is 7.05. The average molecular weight is 389 g/mol. The van der Waals surface area contributed by atoms with E-state index >= 15 is 0 Å². The summed E-state index contributed by atoms with van der Waals surface area (Å²) in [6.45, 7) is 4.11. The van der Waals surface area contributed by atoms with E-state index in [1.54, 1.807) is 10.9 Å². The van der Waals surface area contributed by atoms with Crippen molar-refractivity contribution in [2.24, 2.45) is 11.1 Å². The Morgan fingerprint density at radius 3 is 2.81 bits per heavy atom. The highest BCUT2D eigenvalue weighted by Crippen LogP contribution is 2.37. The molecule has 4 rings (SSSR count). The number of primary amides is 1. The molecule has 1 saturated heterocycles. The van der Waals surface area contributed by atoms with Gasteiger partial charge in [0.1, 0.15) is 5.00 Å². The lowest BCUT2D eigenvalue weighted by molar-refractivity contribution is -0.111. The van der Waals surface area contributed by atoms with Gasteiger partial charge in [-0.15, -0.1) is 16.4 Å². The topological polar surface area (TPSA) is 112 Å². The molecule has 0 aromatic carbocycles. The molecule has 9 heteroatoms. The van der Waals surface area contributed by atoms with Crippen molar-refractivity contribution < 1.29 is 14.3 Å². The minimum absolute atomic E-state index is 0.0336. The number of nitrogens with one attached hydrogen (secondary N) is 1. The number of amides is 2. The van der Waals surface area contributed by atoms with Gasteiger partial charge in [-0.05, 0) is 31.2 Å². The van der Waals surface area contributed by atoms with Crippen molar-refractivity contribution in [2.45, 2.75) is 45.6 Å². The number of fused-ring (bicyclic) bond motifs is 1. The lowest BCUT2D eigenvalue weighted by Crippen LogP contribution is -2.43. The number of anilines is 1. The Bertz CT molecular complexity index is 884. The number of thiophene rings is 1. The zero-order valence-electron chi connectivity index (χ0n) is 15.3. The minimum Gasteiger partial charge on any atom is -0.380 e. The van der Waals surface area contributed by atoms with Crippen molar-refractivity contribution in [3.63, 3.8) is 0 Å². The monoisotopic (exact) mass is 389 g/mol. The smallest absolute Gasteiger partial charge is 0.278 e. The molecule has 0 atom stereocenters. The standard InChI is InChI=1S/C18H23N5O3S/c1-18(9-26-10-18)8-23-7-12(21-22-23)16(25)20-17-14(15(19)24)11-5-3-2-4-6-13(11)27-17/h7H,2-6,8-10H2,1H3,(H2,19,24)(H,20,25). The van der Waals surface area contributed by atoms with E-state index in [1.165, 1.54) is 11.3 Å². The summed E-state index contributed by atoms with van der Waals surface area (Å²) in [6, 6.07) is 0. The van der Waals surface area contributed by atoms with Crippen LogP contribution in [0.15, 0.2) is 6.20 Å². The number of ether oxygens (including phenoxy) is 1. The summed E-state index contributed by atoms with van der Waals surface area (Å²) in [7, 11) is 0. The Morgan fingerprint density at radius 2 is 2.11 bits per heavy atom. The van der Waals surface area contributed by atoms with Crippen molar-refractivity contribution in [1.29, 1.82) is 0 Å². The number of rotatable bonds is 5. The summed E-state index contributed by atoms with van der Waals surface area (Å²) in [5.74, 6) is -0.874. The van der Waals surface area contributed by atoms with Crippen LogP contribution in [-0.2, 0) is 24.1 Å². The number of nitrogens with two attached hydrogens (primary N) is 1. The Labute approximate surface area is 161 Å². The summed E-state index contributed by atoms with van der Waals surface area (Å²) < 4.78 is 6.91. The summed E-state index contributed by atoms with van der Waals surface area (Å²) in [6.07, 6.45) is 6.66. The Morgan fingerprint density at radius 1 is 1.33 bits per heavy atom. The van der Waals surface area contributed by atoms with E-state index in [0.29, 0.717) is 30.3 Å². The maximum Gasteiger partial charge on any atom is 0.278 e. The first-order chi connectivity index (χ1) is 13.0. The first kappa shape index (κ1) is 18.1. The molecule has 0 radical (unpaired) electrons. The number of hydrogen-bond acceptors (Lipinski definition) is 6. The predicted octanol–water partition coefficient (Wildman–Crippen LogP) is 2.00. The Hall–Kier alpha value is -2.26. The first-order valence-electron chi connectivity index (χ1n) is 9.19. The second-order valence-electron chi connectivity index (χ2n) is 7.69. The van der Waals surface area contributed by atoms with E-state index < -0.39 is 5.91 Å². The molecule has 3 N–H and O–H groups in total. The molecule has 2 aliphatic rings. The highest BCUT2D eigenvalue weighted by molar-refractivity contribution is 7.17. The van der Waals surface area contributed by atoms with Crippen LogP contribution < -0.4 is 11.1 Å². The van der Waals surface area contributed by atoms with E-state index in [-0.39, 0.29) is 17.0 Å². The lowest BCUT2D eigenvalue weighted by atomic mass is 9.89. The van der Waals surface area contributed by atoms with E-state index in [0.717, 1.165) is 42.5 Å². The third-order valence-corrected chi connectivity index (χ3v) is 6.32. The van der Waals surface area contributed by atoms with E-state index in [1.807, 2.05) is 0 Å². The van der Waals surface area contributed by atoms with Gasteiger partial charge in [-0.1, -0.05) is 18.6 Å². The molecule has 8 nitrogen and oxygen atoms in total. The second-order valence-corrected chi connectivity index (χ2v) is 8.80. The maximum atomic E-state index is 12.6. The summed E-state index contributed by atoms with van der Waals surface area (Å²) in [4.78, 5) is 25.8. The quantitative estimate of drug-likeness (QED) is 0.760. The Kier molecular flexibility index (Phi) is 4.73. The van der Waals surface area contributed by atoms with Gasteiger partial charge in [0.2, 0.25) is 0 Å². The SMILES string of the molecule is CC1(Cn2cc(C(=O)Nc3sc4c(c3C(N)=O)CCCCC4)nn2)COC1. The third-order valence-electron chi connectivity index (χ3n) is 5.11. The van der Waals surface area contributed by atoms with E-state index in [4.69, 9.17) is 10.5 Å². The van der Waals surface area contributed by atoms with Gasteiger partial charge < -0.3 is 15.8 Å². The van der Waals surface area contributed by atoms with E-state index in [2.05, 4.69) is 22.6 Å². The van der Waals surface area contributed by atoms with Crippen molar-refractivity contribution in [3.8, 4) is 0 Å². The fraction of sp³-hybridized carbons (Fsp3) is 0.556. The number of carbonyl (C=O) groups excluding carboxylic acids is 2. The number of nitrogens with zero attached hydrogens (tertiary/aromatic N) is 3. The van der Waals surface area contributed by atoms with Crippen LogP contribution in [0.2, 0.25) is 0 Å². The summed E-state index contributed by atoms with van der Waals surface area (Å²) in [5.41, 5.74) is 7.33. The molecular weight excluding hydrogens is 366 g/mol. The van der Waals surface area contributed by atoms with Crippen molar-refractivity contribution >= 4 is 28.2 Å². The van der Waals surface area contributed by atoms with Crippen LogP contribution in [0.3, 0.4) is 0 Å². The maximum absolute atomic E-state index is 12.6. The van der Waals surface area contributed by atoms with Crippen LogP contribution >= 0.6 is 11.3 Å². The molecule has 2 amide bonds. The predicted molar refractivity (Wildman–Crippen MR) is 101 cm³/mol. The first-order valence-corrected chi connectivity index (χ1v) is 10.0. The molecule has 27 heavy (non-hydrogen) atoms. The van der Waals surface area contributed by atoms with Crippen LogP contribution in [0.4, 0.5) is 5.00 Å². The zero-order valence-corrected chi connectivity index (χ0v) is 16.1. The molecule has 2 aromatic rings. The zero-order chi connectivity index (χ0) is 19.0. The van der Waals surface area contributed by atoms with Crippen molar-refractivity contribution in [1.82, 2.24) is 15.0 Å². The van der Waals surface area contributed by atoms with Gasteiger partial charge >= 0.3 is 0 Å². The molecule has 144 valence electrons. The highest BCUT2D eigenvalue weighted by Gasteiger charge is 2.34. The molecule has 0 spiro atoms. The lowest BCUT2D eigenvalue weighted by Gasteiger charge is -2.37. The molecular formula is C18H23N5O3S. The number of aromatic nitrogens is 3. The molecule has 2 aromatic heterocycles. The fourth-order valence-corrected chi connectivity index (χ4v) is 4.96. The molecule has 1 aliphatic carbocycles. The van der Waals surface area contributed by atoms with Gasteiger partial charge in [0, 0.05) is 10.3 Å². The van der Waals surface area contributed by atoms with Gasteiger partial charge in [-0.3, -0.25) is 14.3 Å². The normalized spacial score (nSPS) is 18.3. The van der Waals surface area contributed by atoms with Gasteiger partial charge in [-0.25, -0.2) is 0 Å². The molecule has 0 unspecified atom stereocenters. The number of carbonyl (C=O) groups is 2. The van der Waals surface area contributed by atoms with Gasteiger partial charge in [0.15, 0.2) is 5.69 Å². The van der Waals surface area contributed by atoms with Crippen LogP contribution in [0.1, 0.15) is 57.5 Å². The molecule has 1 aliphatic heterocycles. The fourth-order valence-electron chi connectivity index (χ4n) is 3.67. The van der Waals surface area contributed by atoms with Crippen LogP contribution in [0, 0.1) is 5.41 Å². The van der Waals surface area contributed by atoms with Crippen molar-refractivity contribution in [2.75, 3.05) is 18.5 Å². The van der Waals surface area contributed by atoms with Crippen LogP contribution in [0.25, 0.3) is 0 Å². The van der Waals surface area contributed by atoms with Gasteiger partial charge in [-0.2, -0.15) is 0 Å². The number of hydrogen-bond donors (Lipinski definition) is 2. The van der Waals surface area contributed by atoms with Crippen LogP contribution in [0.5, 0.6) is 0 Å². The summed E-state index contributed by atoms with van der Waals surface area (Å²) in [5, 5.41) is 11.4. The average Bonchev–Trinajstić information content (AvgIpc) is 3.12. The molecule has 0 saturated carbocycles. The van der Waals surface area contributed by atoms with Crippen LogP contribution in [-0.4, -0.2) is 40.0 Å². The third kappa shape index (κ3) is 3.61. The van der Waals surface area contributed by atoms with Gasteiger partial charge in [0.05, 0.1) is 31.5 Å². The van der Waals surface area contributed by atoms with E-state index in [9.17, 15) is 9.59 Å². The Balaban J connectivity index is 1.53. The highest BCUT2D eigenvalue weighted by atomic mass is 32.1.